The van der Waals surface area contributed by atoms with E-state index in [9.17, 15) is 23.4 Å². The number of hydrogen-bond donors (Lipinski definition) is 3. The summed E-state index contributed by atoms with van der Waals surface area (Å²) in [6.45, 7) is 0. The Bertz CT molecular complexity index is 1100. The number of rotatable bonds is 6. The molecule has 0 amide bonds. The van der Waals surface area contributed by atoms with Gasteiger partial charge in [0.05, 0.1) is 4.90 Å². The third-order valence-electron chi connectivity index (χ3n) is 5.10. The third kappa shape index (κ3) is 3.83. The SMILES string of the molecule is O=C(O)C(O)(NS(=O)(=O)c1cc(Cl)cc(Cl)c1)Oc1cccc2c1OC1CCCC21. The summed E-state index contributed by atoms with van der Waals surface area (Å²) in [5, 5.41) is 20.1. The van der Waals surface area contributed by atoms with E-state index in [4.69, 9.17) is 32.7 Å². The Morgan fingerprint density at radius 3 is 2.57 bits per heavy atom. The van der Waals surface area contributed by atoms with Gasteiger partial charge in [-0.15, -0.1) is 4.72 Å². The molecule has 0 bridgehead atoms. The lowest BCUT2D eigenvalue weighted by Gasteiger charge is -2.26. The van der Waals surface area contributed by atoms with Crippen LogP contribution < -0.4 is 14.2 Å². The predicted molar refractivity (Wildman–Crippen MR) is 107 cm³/mol. The van der Waals surface area contributed by atoms with Crippen LogP contribution in [0.1, 0.15) is 30.7 Å². The Labute approximate surface area is 182 Å². The highest BCUT2D eigenvalue weighted by molar-refractivity contribution is 7.89. The van der Waals surface area contributed by atoms with Crippen LogP contribution in [-0.2, 0) is 14.8 Å². The molecule has 30 heavy (non-hydrogen) atoms. The van der Waals surface area contributed by atoms with Crippen molar-refractivity contribution in [1.29, 1.82) is 0 Å². The molecule has 1 aliphatic heterocycles. The molecular formula is C19H17Cl2NO7S. The average molecular weight is 474 g/mol. The van der Waals surface area contributed by atoms with E-state index < -0.39 is 26.8 Å². The molecule has 11 heteroatoms. The van der Waals surface area contributed by atoms with Crippen LogP contribution in [0, 0.1) is 0 Å². The van der Waals surface area contributed by atoms with Crippen LogP contribution in [0.4, 0.5) is 0 Å². The molecule has 1 fully saturated rings. The normalized spacial score (nSPS) is 22.0. The van der Waals surface area contributed by atoms with Crippen molar-refractivity contribution in [3.05, 3.63) is 52.0 Å². The highest BCUT2D eigenvalue weighted by Gasteiger charge is 2.46. The van der Waals surface area contributed by atoms with E-state index in [1.54, 1.807) is 10.8 Å². The Morgan fingerprint density at radius 2 is 1.90 bits per heavy atom. The van der Waals surface area contributed by atoms with Crippen molar-refractivity contribution >= 4 is 39.2 Å². The highest BCUT2D eigenvalue weighted by atomic mass is 35.5. The summed E-state index contributed by atoms with van der Waals surface area (Å²) < 4.78 is 38.2. The maximum atomic E-state index is 12.7. The van der Waals surface area contributed by atoms with Crippen LogP contribution in [0.25, 0.3) is 0 Å². The molecule has 2 aliphatic rings. The van der Waals surface area contributed by atoms with E-state index in [0.29, 0.717) is 5.75 Å². The van der Waals surface area contributed by atoms with Gasteiger partial charge in [-0.25, -0.2) is 13.2 Å². The lowest BCUT2D eigenvalue weighted by atomic mass is 9.97. The van der Waals surface area contributed by atoms with Gasteiger partial charge in [0.2, 0.25) is 10.0 Å². The molecule has 8 nitrogen and oxygen atoms in total. The van der Waals surface area contributed by atoms with Crippen molar-refractivity contribution in [1.82, 2.24) is 4.72 Å². The third-order valence-corrected chi connectivity index (χ3v) is 6.94. The second-order valence-electron chi connectivity index (χ2n) is 7.13. The molecule has 3 atom stereocenters. The van der Waals surface area contributed by atoms with E-state index in [0.717, 1.165) is 37.0 Å². The number of hydrogen-bond acceptors (Lipinski definition) is 6. The summed E-state index contributed by atoms with van der Waals surface area (Å²) in [7, 11) is -4.57. The van der Waals surface area contributed by atoms with Gasteiger partial charge < -0.3 is 19.7 Å². The number of fused-ring (bicyclic) bond motifs is 3. The number of aliphatic hydroxyl groups is 1. The molecule has 3 unspecified atom stereocenters. The van der Waals surface area contributed by atoms with Crippen LogP contribution in [-0.4, -0.2) is 36.6 Å². The Hall–Kier alpha value is -2.04. The minimum atomic E-state index is -4.57. The summed E-state index contributed by atoms with van der Waals surface area (Å²) >= 11 is 11.7. The molecule has 160 valence electrons. The van der Waals surface area contributed by atoms with Crippen LogP contribution in [0.5, 0.6) is 11.5 Å². The molecule has 0 spiro atoms. The van der Waals surface area contributed by atoms with Crippen LogP contribution in [0.3, 0.4) is 0 Å². The monoisotopic (exact) mass is 473 g/mol. The summed E-state index contributed by atoms with van der Waals surface area (Å²) in [4.78, 5) is 11.3. The lowest BCUT2D eigenvalue weighted by molar-refractivity contribution is -0.197. The molecule has 1 saturated carbocycles. The maximum absolute atomic E-state index is 12.7. The molecule has 2 aromatic carbocycles. The van der Waals surface area contributed by atoms with E-state index >= 15 is 0 Å². The minimum absolute atomic E-state index is 0.0171. The van der Waals surface area contributed by atoms with Gasteiger partial charge in [-0.3, -0.25) is 0 Å². The summed E-state index contributed by atoms with van der Waals surface area (Å²) in [6.07, 6.45) is 2.74. The van der Waals surface area contributed by atoms with E-state index in [2.05, 4.69) is 0 Å². The number of ether oxygens (including phenoxy) is 2. The second kappa shape index (κ2) is 7.58. The van der Waals surface area contributed by atoms with Gasteiger partial charge in [-0.1, -0.05) is 35.3 Å². The average Bonchev–Trinajstić information content (AvgIpc) is 3.22. The quantitative estimate of drug-likeness (QED) is 0.550. The standard InChI is InChI=1S/C19H17Cl2NO7S/c20-10-7-11(21)9-12(8-10)30(26,27)22-19(25,18(23)24)29-16-6-2-4-14-13-3-1-5-15(13)28-17(14)16/h2,4,6-9,13,15,22,25H,1,3,5H2,(H,23,24). The topological polar surface area (TPSA) is 122 Å². The van der Waals surface area contributed by atoms with Crippen molar-refractivity contribution in [2.24, 2.45) is 0 Å². The van der Waals surface area contributed by atoms with Crippen molar-refractivity contribution in [2.75, 3.05) is 0 Å². The molecule has 0 aromatic heterocycles. The van der Waals surface area contributed by atoms with Gasteiger partial charge in [-0.2, -0.15) is 0 Å². The van der Waals surface area contributed by atoms with Gasteiger partial charge >= 0.3 is 11.9 Å². The van der Waals surface area contributed by atoms with E-state index in [1.165, 1.54) is 12.1 Å². The fourth-order valence-corrected chi connectivity index (χ4v) is 5.63. The van der Waals surface area contributed by atoms with Crippen molar-refractivity contribution < 1.29 is 32.9 Å². The number of nitrogens with one attached hydrogen (secondary N) is 1. The zero-order chi connectivity index (χ0) is 21.7. The Kier molecular flexibility index (Phi) is 5.36. The first-order valence-corrected chi connectivity index (χ1v) is 11.3. The zero-order valence-electron chi connectivity index (χ0n) is 15.3. The summed E-state index contributed by atoms with van der Waals surface area (Å²) in [5.41, 5.74) is 0.840. The first-order chi connectivity index (χ1) is 14.1. The largest absolute Gasteiger partial charge is 0.486 e. The molecule has 1 aliphatic carbocycles. The fraction of sp³-hybridized carbons (Fsp3) is 0.316. The molecule has 0 radical (unpaired) electrons. The Balaban J connectivity index is 1.66. The molecule has 4 rings (SSSR count). The van der Waals surface area contributed by atoms with Gasteiger partial charge in [-0.05, 0) is 43.5 Å². The van der Waals surface area contributed by atoms with Gasteiger partial charge in [0.25, 0.3) is 0 Å². The Morgan fingerprint density at radius 1 is 1.20 bits per heavy atom. The van der Waals surface area contributed by atoms with Crippen molar-refractivity contribution in [3.63, 3.8) is 0 Å². The van der Waals surface area contributed by atoms with Gasteiger partial charge in [0.1, 0.15) is 6.10 Å². The predicted octanol–water partition coefficient (Wildman–Crippen LogP) is 3.11. The number of carbonyl (C=O) groups is 1. The fourth-order valence-electron chi connectivity index (χ4n) is 3.80. The van der Waals surface area contributed by atoms with Crippen LogP contribution >= 0.6 is 23.2 Å². The molecule has 2 aromatic rings. The first-order valence-electron chi connectivity index (χ1n) is 9.03. The van der Waals surface area contributed by atoms with E-state index in [-0.39, 0.29) is 27.8 Å². The minimum Gasteiger partial charge on any atom is -0.486 e. The molecular weight excluding hydrogens is 457 g/mol. The second-order valence-corrected chi connectivity index (χ2v) is 9.69. The number of halogens is 2. The zero-order valence-corrected chi connectivity index (χ0v) is 17.7. The number of sulfonamides is 1. The van der Waals surface area contributed by atoms with Gasteiger partial charge in [0.15, 0.2) is 11.5 Å². The van der Waals surface area contributed by atoms with Crippen LogP contribution in [0.2, 0.25) is 10.0 Å². The lowest BCUT2D eigenvalue weighted by Crippen LogP contribution is -2.58. The smallest absolute Gasteiger partial charge is 0.395 e. The summed E-state index contributed by atoms with van der Waals surface area (Å²) in [6, 6.07) is 8.30. The number of carboxylic acids is 1. The van der Waals surface area contributed by atoms with Crippen molar-refractivity contribution in [3.8, 4) is 11.5 Å². The number of benzene rings is 2. The maximum Gasteiger partial charge on any atom is 0.395 e. The first kappa shape index (κ1) is 21.2. The number of para-hydroxylation sites is 1. The highest BCUT2D eigenvalue weighted by Crippen LogP contribution is 2.51. The summed E-state index contributed by atoms with van der Waals surface area (Å²) in [5.74, 6) is -4.89. The number of aliphatic carboxylic acids is 1. The van der Waals surface area contributed by atoms with Gasteiger partial charge in [0, 0.05) is 21.5 Å². The molecule has 3 N–H and O–H groups in total. The van der Waals surface area contributed by atoms with E-state index in [1.807, 2.05) is 6.07 Å². The number of carboxylic acid groups (broad SMARTS) is 1. The molecule has 0 saturated heterocycles. The van der Waals surface area contributed by atoms with Crippen molar-refractivity contribution in [2.45, 2.75) is 42.1 Å². The molecule has 1 heterocycles. The van der Waals surface area contributed by atoms with Crippen LogP contribution in [0.15, 0.2) is 41.3 Å².